The first-order valence-electron chi connectivity index (χ1n) is 6.07. The van der Waals surface area contributed by atoms with Gasteiger partial charge in [-0.05, 0) is 44.1 Å². The minimum absolute atomic E-state index is 0.371. The minimum Gasteiger partial charge on any atom is -0.316 e. The van der Waals surface area contributed by atoms with Gasteiger partial charge in [-0.15, -0.1) is 0 Å². The van der Waals surface area contributed by atoms with E-state index in [0.29, 0.717) is 5.41 Å². The molecule has 82 valence electrons. The van der Waals surface area contributed by atoms with E-state index in [2.05, 4.69) is 32.2 Å². The zero-order chi connectivity index (χ0) is 10.4. The van der Waals surface area contributed by atoms with Gasteiger partial charge in [0.15, 0.2) is 0 Å². The van der Waals surface area contributed by atoms with Crippen molar-refractivity contribution in [3.63, 3.8) is 0 Å². The summed E-state index contributed by atoms with van der Waals surface area (Å²) in [7, 11) is 0. The van der Waals surface area contributed by atoms with Gasteiger partial charge in [-0.2, -0.15) is 0 Å². The summed E-state index contributed by atoms with van der Waals surface area (Å²) in [5.74, 6) is 0. The van der Waals surface area contributed by atoms with Crippen LogP contribution in [0.15, 0.2) is 11.6 Å². The fourth-order valence-electron chi connectivity index (χ4n) is 2.14. The fourth-order valence-corrected chi connectivity index (χ4v) is 2.14. The number of allylic oxidation sites excluding steroid dienone is 1. The van der Waals surface area contributed by atoms with Gasteiger partial charge in [0.2, 0.25) is 0 Å². The molecule has 0 radical (unpaired) electrons. The van der Waals surface area contributed by atoms with Gasteiger partial charge in [0.1, 0.15) is 0 Å². The van der Waals surface area contributed by atoms with E-state index in [-0.39, 0.29) is 0 Å². The van der Waals surface area contributed by atoms with Gasteiger partial charge in [-0.25, -0.2) is 0 Å². The van der Waals surface area contributed by atoms with E-state index in [1.807, 2.05) is 0 Å². The molecular formula is C13H25N. The van der Waals surface area contributed by atoms with E-state index in [1.165, 1.54) is 32.1 Å². The lowest BCUT2D eigenvalue weighted by Crippen LogP contribution is -2.32. The summed E-state index contributed by atoms with van der Waals surface area (Å²) in [4.78, 5) is 0. The predicted octanol–water partition coefficient (Wildman–Crippen LogP) is 3.51. The Kier molecular flexibility index (Phi) is 4.67. The van der Waals surface area contributed by atoms with Crippen molar-refractivity contribution in [3.05, 3.63) is 11.6 Å². The van der Waals surface area contributed by atoms with Gasteiger partial charge in [0, 0.05) is 6.54 Å². The molecule has 1 aliphatic carbocycles. The predicted molar refractivity (Wildman–Crippen MR) is 63.5 cm³/mol. The molecule has 0 aliphatic heterocycles. The lowest BCUT2D eigenvalue weighted by atomic mass is 9.78. The smallest absolute Gasteiger partial charge is 0.00399 e. The third-order valence-electron chi connectivity index (χ3n) is 3.15. The second-order valence-corrected chi connectivity index (χ2v) is 5.04. The highest BCUT2D eigenvalue weighted by molar-refractivity contribution is 5.14. The van der Waals surface area contributed by atoms with E-state index in [4.69, 9.17) is 0 Å². The average molecular weight is 195 g/mol. The molecule has 0 aromatic heterocycles. The first-order chi connectivity index (χ1) is 6.67. The zero-order valence-electron chi connectivity index (χ0n) is 10.0. The molecule has 0 aromatic rings. The maximum Gasteiger partial charge on any atom is 0.00399 e. The van der Waals surface area contributed by atoms with E-state index in [0.717, 1.165) is 13.1 Å². The Morgan fingerprint density at radius 3 is 2.71 bits per heavy atom. The fraction of sp³-hybridized carbons (Fsp3) is 0.846. The topological polar surface area (TPSA) is 12.0 Å². The number of rotatable bonds is 5. The van der Waals surface area contributed by atoms with Crippen LogP contribution in [0.1, 0.15) is 52.9 Å². The lowest BCUT2D eigenvalue weighted by Gasteiger charge is -2.30. The number of nitrogens with one attached hydrogen (secondary N) is 1. The van der Waals surface area contributed by atoms with Crippen molar-refractivity contribution < 1.29 is 0 Å². The Hall–Kier alpha value is -0.300. The summed E-state index contributed by atoms with van der Waals surface area (Å²) >= 11 is 0. The van der Waals surface area contributed by atoms with Crippen LogP contribution in [-0.4, -0.2) is 13.1 Å². The molecule has 0 atom stereocenters. The third-order valence-corrected chi connectivity index (χ3v) is 3.15. The monoisotopic (exact) mass is 195 g/mol. The van der Waals surface area contributed by atoms with Gasteiger partial charge < -0.3 is 5.32 Å². The van der Waals surface area contributed by atoms with E-state index < -0.39 is 0 Å². The third kappa shape index (κ3) is 3.45. The Morgan fingerprint density at radius 1 is 1.36 bits per heavy atom. The minimum atomic E-state index is 0.371. The van der Waals surface area contributed by atoms with E-state index in [1.54, 1.807) is 5.57 Å². The summed E-state index contributed by atoms with van der Waals surface area (Å²) in [6.07, 6.45) is 9.10. The highest BCUT2D eigenvalue weighted by Gasteiger charge is 2.23. The molecule has 0 fully saturated rings. The molecule has 14 heavy (non-hydrogen) atoms. The van der Waals surface area contributed by atoms with Gasteiger partial charge in [-0.3, -0.25) is 0 Å². The number of hydrogen-bond acceptors (Lipinski definition) is 1. The first kappa shape index (κ1) is 11.8. The van der Waals surface area contributed by atoms with Crippen molar-refractivity contribution in [1.82, 2.24) is 5.32 Å². The largest absolute Gasteiger partial charge is 0.316 e. The van der Waals surface area contributed by atoms with Gasteiger partial charge in [-0.1, -0.05) is 32.4 Å². The van der Waals surface area contributed by atoms with Crippen LogP contribution in [0.4, 0.5) is 0 Å². The lowest BCUT2D eigenvalue weighted by molar-refractivity contribution is 0.384. The number of hydrogen-bond donors (Lipinski definition) is 1. The van der Waals surface area contributed by atoms with Crippen LogP contribution in [0.5, 0.6) is 0 Å². The quantitative estimate of drug-likeness (QED) is 0.523. The Bertz CT molecular complexity index is 191. The molecular weight excluding hydrogens is 170 g/mol. The van der Waals surface area contributed by atoms with E-state index >= 15 is 0 Å². The molecule has 0 bridgehead atoms. The molecule has 0 heterocycles. The van der Waals surface area contributed by atoms with Crippen LogP contribution < -0.4 is 5.32 Å². The van der Waals surface area contributed by atoms with Crippen LogP contribution in [-0.2, 0) is 0 Å². The second-order valence-electron chi connectivity index (χ2n) is 5.04. The van der Waals surface area contributed by atoms with Crippen molar-refractivity contribution >= 4 is 0 Å². The average Bonchev–Trinajstić information content (AvgIpc) is 2.19. The normalized spacial score (nSPS) is 18.1. The molecule has 1 rings (SSSR count). The second kappa shape index (κ2) is 5.55. The highest BCUT2D eigenvalue weighted by Crippen LogP contribution is 2.33. The molecule has 1 N–H and O–H groups in total. The standard InChI is InChI=1S/C13H25N/c1-4-10-14-11-13(2,3)12-8-6-5-7-9-12/h8,14H,4-7,9-11H2,1-3H3. The molecule has 1 heteroatoms. The molecule has 0 spiro atoms. The summed E-state index contributed by atoms with van der Waals surface area (Å²) in [5, 5.41) is 3.53. The Balaban J connectivity index is 2.41. The van der Waals surface area contributed by atoms with Crippen molar-refractivity contribution in [1.29, 1.82) is 0 Å². The summed E-state index contributed by atoms with van der Waals surface area (Å²) in [6.45, 7) is 9.24. The zero-order valence-corrected chi connectivity index (χ0v) is 10.0. The summed E-state index contributed by atoms with van der Waals surface area (Å²) in [5.41, 5.74) is 2.04. The molecule has 0 aromatic carbocycles. The van der Waals surface area contributed by atoms with Gasteiger partial charge in [0.05, 0.1) is 0 Å². The van der Waals surface area contributed by atoms with Crippen molar-refractivity contribution in [3.8, 4) is 0 Å². The van der Waals surface area contributed by atoms with Crippen LogP contribution in [0.3, 0.4) is 0 Å². The van der Waals surface area contributed by atoms with Crippen molar-refractivity contribution in [2.75, 3.05) is 13.1 Å². The molecule has 1 aliphatic rings. The molecule has 0 saturated carbocycles. The molecule has 0 saturated heterocycles. The molecule has 0 unspecified atom stereocenters. The highest BCUT2D eigenvalue weighted by atomic mass is 14.9. The van der Waals surface area contributed by atoms with Gasteiger partial charge in [0.25, 0.3) is 0 Å². The van der Waals surface area contributed by atoms with Crippen LogP contribution in [0.25, 0.3) is 0 Å². The summed E-state index contributed by atoms with van der Waals surface area (Å²) < 4.78 is 0. The molecule has 0 amide bonds. The van der Waals surface area contributed by atoms with E-state index in [9.17, 15) is 0 Å². The Labute approximate surface area is 89.0 Å². The SMILES string of the molecule is CCCNCC(C)(C)C1=CCCCC1. The van der Waals surface area contributed by atoms with Crippen molar-refractivity contribution in [2.24, 2.45) is 5.41 Å². The van der Waals surface area contributed by atoms with Crippen LogP contribution >= 0.6 is 0 Å². The van der Waals surface area contributed by atoms with Crippen LogP contribution in [0.2, 0.25) is 0 Å². The maximum absolute atomic E-state index is 3.53. The van der Waals surface area contributed by atoms with Crippen molar-refractivity contribution in [2.45, 2.75) is 52.9 Å². The van der Waals surface area contributed by atoms with Gasteiger partial charge >= 0.3 is 0 Å². The summed E-state index contributed by atoms with van der Waals surface area (Å²) in [6, 6.07) is 0. The first-order valence-corrected chi connectivity index (χ1v) is 6.07. The molecule has 1 nitrogen and oxygen atoms in total. The maximum atomic E-state index is 3.53. The van der Waals surface area contributed by atoms with Crippen LogP contribution in [0, 0.1) is 5.41 Å². The Morgan fingerprint density at radius 2 is 2.14 bits per heavy atom.